The molecule has 22 heteroatoms. The standard InChI is InChI=1S/C52H45N11O11/c1-51(2,3)73-39-26-35(54-45-31(39)16-10-18-37(45)62(68)69)49(66)60-43-22-12-20-41(56-43)58-47(64)33-24-30(72-28-29-14-8-7-9-15-29)25-34(53-33)48(65)59-42-21-13-23-44(57-42)61-50(67)36-27-40(74-52(4,5)6)32-17-11-19-38(63(70)71)46(32)55-36/h7-27H,28H2,1-6H3,(H2,56,58,60,64,66)(H2,57,59,61,65,67). The van der Waals surface area contributed by atoms with Crippen molar-refractivity contribution in [2.75, 3.05) is 21.3 Å². The topological polar surface area (TPSA) is 295 Å². The number of ether oxygens (including phenoxy) is 3. The number of para-hydroxylation sites is 2. The summed E-state index contributed by atoms with van der Waals surface area (Å²) < 4.78 is 18.2. The third-order valence-corrected chi connectivity index (χ3v) is 10.2. The highest BCUT2D eigenvalue weighted by Gasteiger charge is 2.26. The SMILES string of the molecule is CC(C)(C)Oc1cc(C(=O)Nc2cccc(NC(=O)c3cc(OCc4ccccc4)cc(C(=O)Nc4cccc(NC(=O)c5cc(OC(C)(C)C)c6cccc([N+](=O)[O-])c6n5)n4)n3)n2)nc2c([N+](=O)[O-])cccc12. The zero-order chi connectivity index (χ0) is 52.9. The number of nitro groups is 2. The molecule has 0 aliphatic carbocycles. The number of carbonyl (C=O) groups is 4. The molecule has 22 nitrogen and oxygen atoms in total. The number of nitro benzene ring substituents is 2. The number of carbonyl (C=O) groups excluding carboxylic acids is 4. The van der Waals surface area contributed by atoms with Gasteiger partial charge in [0.25, 0.3) is 35.0 Å². The Morgan fingerprint density at radius 3 is 1.20 bits per heavy atom. The van der Waals surface area contributed by atoms with E-state index >= 15 is 0 Å². The molecule has 0 bridgehead atoms. The average molecular weight is 1000 g/mol. The van der Waals surface area contributed by atoms with E-state index in [2.05, 4.69) is 46.2 Å². The molecule has 5 aromatic heterocycles. The van der Waals surface area contributed by atoms with Gasteiger partial charge in [0.2, 0.25) is 0 Å². The van der Waals surface area contributed by atoms with Crippen LogP contribution in [0.2, 0.25) is 0 Å². The lowest BCUT2D eigenvalue weighted by Gasteiger charge is -2.22. The summed E-state index contributed by atoms with van der Waals surface area (Å²) in [6.07, 6.45) is 0. The minimum atomic E-state index is -0.820. The summed E-state index contributed by atoms with van der Waals surface area (Å²) in [5.74, 6) is -2.82. The molecule has 0 atom stereocenters. The Kier molecular flexibility index (Phi) is 14.1. The fourth-order valence-corrected chi connectivity index (χ4v) is 7.19. The van der Waals surface area contributed by atoms with Crippen molar-refractivity contribution in [1.82, 2.24) is 24.9 Å². The maximum atomic E-state index is 13.9. The smallest absolute Gasteiger partial charge is 0.295 e. The van der Waals surface area contributed by atoms with Crippen LogP contribution in [0.3, 0.4) is 0 Å². The highest BCUT2D eigenvalue weighted by molar-refractivity contribution is 6.08. The molecular weight excluding hydrogens is 955 g/mol. The Morgan fingerprint density at radius 2 is 0.838 bits per heavy atom. The van der Waals surface area contributed by atoms with Crippen molar-refractivity contribution in [3.05, 3.63) is 176 Å². The van der Waals surface area contributed by atoms with Crippen molar-refractivity contribution in [2.45, 2.75) is 59.4 Å². The van der Waals surface area contributed by atoms with Crippen molar-refractivity contribution in [3.8, 4) is 17.2 Å². The van der Waals surface area contributed by atoms with Crippen LogP contribution in [-0.4, -0.2) is 69.6 Å². The number of rotatable bonds is 15. The van der Waals surface area contributed by atoms with Crippen molar-refractivity contribution < 1.29 is 43.2 Å². The van der Waals surface area contributed by atoms with Gasteiger partial charge in [0.15, 0.2) is 11.0 Å². The number of non-ortho nitro benzene ring substituents is 2. The van der Waals surface area contributed by atoms with E-state index in [-0.39, 0.29) is 92.3 Å². The second-order valence-electron chi connectivity index (χ2n) is 18.3. The maximum Gasteiger partial charge on any atom is 0.295 e. The number of pyridine rings is 5. The van der Waals surface area contributed by atoms with Gasteiger partial charge in [-0.15, -0.1) is 0 Å². The average Bonchev–Trinajstić information content (AvgIpc) is 3.34. The number of aromatic nitrogens is 5. The van der Waals surface area contributed by atoms with Gasteiger partial charge in [-0.2, -0.15) is 0 Å². The van der Waals surface area contributed by atoms with Crippen LogP contribution in [0.25, 0.3) is 21.8 Å². The summed E-state index contributed by atoms with van der Waals surface area (Å²) in [6.45, 7) is 10.8. The van der Waals surface area contributed by atoms with Crippen LogP contribution in [0, 0.1) is 20.2 Å². The van der Waals surface area contributed by atoms with E-state index in [0.717, 1.165) is 5.56 Å². The normalized spacial score (nSPS) is 11.3. The Hall–Kier alpha value is -9.99. The molecule has 8 aromatic rings. The van der Waals surface area contributed by atoms with E-state index in [9.17, 15) is 39.4 Å². The molecule has 0 saturated carbocycles. The predicted molar refractivity (Wildman–Crippen MR) is 273 cm³/mol. The van der Waals surface area contributed by atoms with Crippen LogP contribution in [0.5, 0.6) is 17.2 Å². The number of fused-ring (bicyclic) bond motifs is 2. The molecule has 8 rings (SSSR count). The molecule has 0 unspecified atom stereocenters. The second kappa shape index (κ2) is 20.8. The van der Waals surface area contributed by atoms with Crippen LogP contribution < -0.4 is 35.5 Å². The number of hydrogen-bond acceptors (Lipinski definition) is 16. The van der Waals surface area contributed by atoms with Crippen molar-refractivity contribution in [2.24, 2.45) is 0 Å². The minimum absolute atomic E-state index is 0.0220. The van der Waals surface area contributed by atoms with E-state index in [1.165, 1.54) is 84.9 Å². The van der Waals surface area contributed by atoms with E-state index in [1.54, 1.807) is 53.7 Å². The van der Waals surface area contributed by atoms with Crippen molar-refractivity contribution >= 4 is 80.1 Å². The molecule has 0 fully saturated rings. The maximum absolute atomic E-state index is 13.9. The summed E-state index contributed by atoms with van der Waals surface area (Å²) in [5, 5.41) is 35.0. The van der Waals surface area contributed by atoms with E-state index < -0.39 is 44.7 Å². The van der Waals surface area contributed by atoms with Crippen LogP contribution in [0.15, 0.2) is 127 Å². The first kappa shape index (κ1) is 50.4. The number of hydrogen-bond donors (Lipinski definition) is 4. The quantitative estimate of drug-likeness (QED) is 0.0549. The zero-order valence-corrected chi connectivity index (χ0v) is 40.5. The second-order valence-corrected chi connectivity index (χ2v) is 18.3. The monoisotopic (exact) mass is 999 g/mol. The van der Waals surface area contributed by atoms with Crippen LogP contribution >= 0.6 is 0 Å². The molecule has 0 spiro atoms. The lowest BCUT2D eigenvalue weighted by atomic mass is 10.1. The van der Waals surface area contributed by atoms with Gasteiger partial charge >= 0.3 is 0 Å². The van der Waals surface area contributed by atoms with E-state index in [4.69, 9.17) is 14.2 Å². The number of amides is 4. The molecular formula is C52H45N11O11. The molecule has 0 saturated heterocycles. The number of nitrogens with zero attached hydrogens (tertiary/aromatic N) is 7. The highest BCUT2D eigenvalue weighted by Crippen LogP contribution is 2.35. The third kappa shape index (κ3) is 12.3. The Labute approximate surface area is 420 Å². The summed E-state index contributed by atoms with van der Waals surface area (Å²) in [6, 6.07) is 32.1. The van der Waals surface area contributed by atoms with Gasteiger partial charge in [-0.1, -0.05) is 54.6 Å². The molecule has 3 aromatic carbocycles. The third-order valence-electron chi connectivity index (χ3n) is 10.2. The number of benzene rings is 3. The van der Waals surface area contributed by atoms with Crippen LogP contribution in [-0.2, 0) is 6.61 Å². The van der Waals surface area contributed by atoms with Gasteiger partial charge in [0.1, 0.15) is 81.1 Å². The zero-order valence-electron chi connectivity index (χ0n) is 40.5. The fourth-order valence-electron chi connectivity index (χ4n) is 7.19. The molecule has 4 amide bonds. The lowest BCUT2D eigenvalue weighted by molar-refractivity contribution is -0.383. The van der Waals surface area contributed by atoms with Gasteiger partial charge < -0.3 is 35.5 Å². The Balaban J connectivity index is 1.02. The minimum Gasteiger partial charge on any atom is -0.489 e. The van der Waals surface area contributed by atoms with Gasteiger partial charge in [-0.3, -0.25) is 39.4 Å². The summed E-state index contributed by atoms with van der Waals surface area (Å²) in [4.78, 5) is 99.4. The first-order valence-electron chi connectivity index (χ1n) is 22.6. The summed E-state index contributed by atoms with van der Waals surface area (Å²) >= 11 is 0. The molecule has 0 aliphatic rings. The van der Waals surface area contributed by atoms with E-state index in [0.29, 0.717) is 10.8 Å². The summed E-state index contributed by atoms with van der Waals surface area (Å²) in [5.41, 5.74) is -2.39. The van der Waals surface area contributed by atoms with Gasteiger partial charge in [-0.25, -0.2) is 24.9 Å². The number of nitrogens with one attached hydrogen (secondary N) is 4. The van der Waals surface area contributed by atoms with Gasteiger partial charge in [0, 0.05) is 47.2 Å². The first-order valence-corrected chi connectivity index (χ1v) is 22.6. The van der Waals surface area contributed by atoms with Crippen molar-refractivity contribution in [3.63, 3.8) is 0 Å². The predicted octanol–water partition coefficient (Wildman–Crippen LogP) is 9.73. The Bertz CT molecular complexity index is 3340. The molecule has 5 heterocycles. The van der Waals surface area contributed by atoms with E-state index in [1.807, 2.05) is 30.3 Å². The molecule has 4 N–H and O–H groups in total. The molecule has 0 radical (unpaired) electrons. The van der Waals surface area contributed by atoms with Crippen LogP contribution in [0.4, 0.5) is 34.6 Å². The van der Waals surface area contributed by atoms with Gasteiger partial charge in [0.05, 0.1) is 9.85 Å². The Morgan fingerprint density at radius 1 is 0.473 bits per heavy atom. The first-order chi connectivity index (χ1) is 35.2. The summed E-state index contributed by atoms with van der Waals surface area (Å²) in [7, 11) is 0. The van der Waals surface area contributed by atoms with Crippen LogP contribution in [0.1, 0.15) is 89.1 Å². The lowest BCUT2D eigenvalue weighted by Crippen LogP contribution is -2.24. The largest absolute Gasteiger partial charge is 0.489 e. The fraction of sp³-hybridized carbons (Fsp3) is 0.173. The molecule has 374 valence electrons. The molecule has 74 heavy (non-hydrogen) atoms. The van der Waals surface area contributed by atoms with Gasteiger partial charge in [-0.05, 0) is 83.5 Å². The molecule has 0 aliphatic heterocycles. The number of anilines is 4. The highest BCUT2D eigenvalue weighted by atomic mass is 16.6. The van der Waals surface area contributed by atoms with Crippen molar-refractivity contribution in [1.29, 1.82) is 0 Å².